The molecule has 0 saturated carbocycles. The molecular weight excluding hydrogens is 444 g/mol. The molecule has 0 radical (unpaired) electrons. The monoisotopic (exact) mass is 474 g/mol. The third-order valence-corrected chi connectivity index (χ3v) is 6.22. The van der Waals surface area contributed by atoms with E-state index in [0.29, 0.717) is 12.3 Å². The minimum atomic E-state index is -0.614. The van der Waals surface area contributed by atoms with Crippen molar-refractivity contribution in [2.24, 2.45) is 0 Å². The van der Waals surface area contributed by atoms with Crippen molar-refractivity contribution >= 4 is 27.7 Å². The highest BCUT2D eigenvalue weighted by molar-refractivity contribution is 9.10. The number of aryl methyl sites for hydroxylation is 3. The molecular formula is C24H31BrN2O3. The van der Waals surface area contributed by atoms with Gasteiger partial charge < -0.3 is 15.0 Å². The first-order valence-corrected chi connectivity index (χ1v) is 10.9. The van der Waals surface area contributed by atoms with Gasteiger partial charge in [-0.3, -0.25) is 9.59 Å². The summed E-state index contributed by atoms with van der Waals surface area (Å²) >= 11 is 3.54. The normalized spacial score (nSPS) is 11.9. The predicted molar refractivity (Wildman–Crippen MR) is 124 cm³/mol. The van der Waals surface area contributed by atoms with E-state index in [9.17, 15) is 9.59 Å². The van der Waals surface area contributed by atoms with Crippen LogP contribution in [0, 0.1) is 20.8 Å². The Labute approximate surface area is 187 Å². The molecule has 2 aromatic rings. The van der Waals surface area contributed by atoms with Gasteiger partial charge in [0.15, 0.2) is 6.61 Å². The molecule has 0 aliphatic rings. The van der Waals surface area contributed by atoms with Gasteiger partial charge in [0.05, 0.1) is 0 Å². The molecule has 0 saturated heterocycles. The van der Waals surface area contributed by atoms with Gasteiger partial charge in [-0.05, 0) is 75.9 Å². The lowest BCUT2D eigenvalue weighted by molar-refractivity contribution is -0.142. The van der Waals surface area contributed by atoms with Crippen LogP contribution < -0.4 is 10.1 Å². The molecule has 2 aromatic carbocycles. The van der Waals surface area contributed by atoms with Crippen molar-refractivity contribution < 1.29 is 14.3 Å². The molecule has 0 heterocycles. The van der Waals surface area contributed by atoms with E-state index < -0.39 is 6.04 Å². The van der Waals surface area contributed by atoms with Gasteiger partial charge in [0.25, 0.3) is 5.91 Å². The molecule has 0 aromatic heterocycles. The lowest BCUT2D eigenvalue weighted by Gasteiger charge is -2.29. The van der Waals surface area contributed by atoms with Crippen LogP contribution in [0.4, 0.5) is 0 Å². The van der Waals surface area contributed by atoms with E-state index >= 15 is 0 Å². The second-order valence-corrected chi connectivity index (χ2v) is 8.74. The first-order valence-electron chi connectivity index (χ1n) is 10.1. The largest absolute Gasteiger partial charge is 0.484 e. The number of hydrogen-bond acceptors (Lipinski definition) is 3. The fourth-order valence-electron chi connectivity index (χ4n) is 3.18. The molecule has 0 fully saturated rings. The molecule has 6 heteroatoms. The van der Waals surface area contributed by atoms with Gasteiger partial charge in [0, 0.05) is 17.1 Å². The molecule has 162 valence electrons. The Bertz CT molecular complexity index is 888. The second kappa shape index (κ2) is 10.6. The second-order valence-electron chi connectivity index (χ2n) is 7.95. The number of carbonyl (C=O) groups excluding carboxylic acids is 2. The molecule has 0 aliphatic carbocycles. The number of halogens is 1. The average molecular weight is 475 g/mol. The van der Waals surface area contributed by atoms with Crippen LogP contribution in [-0.4, -0.2) is 35.4 Å². The van der Waals surface area contributed by atoms with Crippen molar-refractivity contribution in [3.05, 3.63) is 63.1 Å². The summed E-state index contributed by atoms with van der Waals surface area (Å²) in [4.78, 5) is 27.3. The fraction of sp³-hybridized carbons (Fsp3) is 0.417. The summed E-state index contributed by atoms with van der Waals surface area (Å²) in [5.41, 5.74) is 4.16. The summed E-state index contributed by atoms with van der Waals surface area (Å²) in [5, 5.41) is 2.89. The lowest BCUT2D eigenvalue weighted by atomic mass is 10.1. The molecule has 2 amide bonds. The van der Waals surface area contributed by atoms with Gasteiger partial charge in [0.1, 0.15) is 11.8 Å². The van der Waals surface area contributed by atoms with Crippen molar-refractivity contribution in [3.8, 4) is 5.75 Å². The van der Waals surface area contributed by atoms with Gasteiger partial charge in [-0.25, -0.2) is 0 Å². The van der Waals surface area contributed by atoms with Crippen LogP contribution in [0.15, 0.2) is 40.9 Å². The summed E-state index contributed by atoms with van der Waals surface area (Å²) in [6.07, 6.45) is 0. The van der Waals surface area contributed by atoms with Crippen molar-refractivity contribution in [2.75, 3.05) is 6.61 Å². The number of carbonyl (C=O) groups is 2. The number of amides is 2. The quantitative estimate of drug-likeness (QED) is 0.603. The highest BCUT2D eigenvalue weighted by atomic mass is 79.9. The van der Waals surface area contributed by atoms with Crippen molar-refractivity contribution in [3.63, 3.8) is 0 Å². The van der Waals surface area contributed by atoms with Crippen LogP contribution >= 0.6 is 15.9 Å². The molecule has 0 bridgehead atoms. The van der Waals surface area contributed by atoms with Gasteiger partial charge in [-0.2, -0.15) is 0 Å². The number of nitrogens with zero attached hydrogens (tertiary/aromatic N) is 1. The number of nitrogens with one attached hydrogen (secondary N) is 1. The summed E-state index contributed by atoms with van der Waals surface area (Å²) in [6, 6.07) is 11.0. The Morgan fingerprint density at radius 3 is 2.20 bits per heavy atom. The van der Waals surface area contributed by atoms with Crippen LogP contribution in [0.5, 0.6) is 5.75 Å². The minimum Gasteiger partial charge on any atom is -0.484 e. The molecule has 0 unspecified atom stereocenters. The molecule has 30 heavy (non-hydrogen) atoms. The maximum atomic E-state index is 13.1. The smallest absolute Gasteiger partial charge is 0.261 e. The predicted octanol–water partition coefficient (Wildman–Crippen LogP) is 4.70. The zero-order valence-corrected chi connectivity index (χ0v) is 20.2. The van der Waals surface area contributed by atoms with Crippen LogP contribution in [-0.2, 0) is 16.1 Å². The highest BCUT2D eigenvalue weighted by Gasteiger charge is 2.27. The van der Waals surface area contributed by atoms with Crippen LogP contribution in [0.3, 0.4) is 0 Å². The van der Waals surface area contributed by atoms with Crippen molar-refractivity contribution in [1.82, 2.24) is 10.2 Å². The number of hydrogen-bond donors (Lipinski definition) is 1. The standard InChI is InChI=1S/C24H31BrN2O3/c1-15(2)26-24(29)19(6)27(13-20-10-8-7-9-16(20)3)22(28)14-30-21-11-17(4)23(25)18(5)12-21/h7-12,15,19H,13-14H2,1-6H3,(H,26,29)/t19-/m0/s1. The third-order valence-electron chi connectivity index (χ3n) is 4.97. The summed E-state index contributed by atoms with van der Waals surface area (Å²) < 4.78 is 6.83. The van der Waals surface area contributed by atoms with Crippen LogP contribution in [0.25, 0.3) is 0 Å². The zero-order valence-electron chi connectivity index (χ0n) is 18.6. The Hall–Kier alpha value is -2.34. The first-order chi connectivity index (χ1) is 14.1. The Morgan fingerprint density at radius 1 is 1.03 bits per heavy atom. The molecule has 5 nitrogen and oxygen atoms in total. The van der Waals surface area contributed by atoms with Gasteiger partial charge >= 0.3 is 0 Å². The summed E-state index contributed by atoms with van der Waals surface area (Å²) in [5.74, 6) is 0.224. The number of ether oxygens (including phenoxy) is 1. The summed E-state index contributed by atoms with van der Waals surface area (Å²) in [7, 11) is 0. The third kappa shape index (κ3) is 6.33. The minimum absolute atomic E-state index is 0.000305. The SMILES string of the molecule is Cc1ccccc1CN(C(=O)COc1cc(C)c(Br)c(C)c1)[C@@H](C)C(=O)NC(C)C. The average Bonchev–Trinajstić information content (AvgIpc) is 2.68. The molecule has 1 N–H and O–H groups in total. The van der Waals surface area contributed by atoms with Crippen LogP contribution in [0.2, 0.25) is 0 Å². The molecule has 0 aliphatic heterocycles. The highest BCUT2D eigenvalue weighted by Crippen LogP contribution is 2.26. The first kappa shape index (κ1) is 23.9. The number of benzene rings is 2. The van der Waals surface area contributed by atoms with E-state index in [2.05, 4.69) is 21.2 Å². The zero-order chi connectivity index (χ0) is 22.4. The Balaban J connectivity index is 2.21. The maximum Gasteiger partial charge on any atom is 0.261 e. The Kier molecular flexibility index (Phi) is 8.47. The van der Waals surface area contributed by atoms with Crippen molar-refractivity contribution in [2.45, 2.75) is 60.2 Å². The topological polar surface area (TPSA) is 58.6 Å². The van der Waals surface area contributed by atoms with Gasteiger partial charge in [-0.1, -0.05) is 40.2 Å². The van der Waals surface area contributed by atoms with Crippen molar-refractivity contribution in [1.29, 1.82) is 0 Å². The molecule has 0 spiro atoms. The van der Waals surface area contributed by atoms with Gasteiger partial charge in [0.2, 0.25) is 5.91 Å². The van der Waals surface area contributed by atoms with Gasteiger partial charge in [-0.15, -0.1) is 0 Å². The van der Waals surface area contributed by atoms with E-state index in [0.717, 1.165) is 26.7 Å². The van der Waals surface area contributed by atoms with E-state index in [1.165, 1.54) is 0 Å². The fourth-order valence-corrected chi connectivity index (χ4v) is 3.41. The summed E-state index contributed by atoms with van der Waals surface area (Å²) in [6.45, 7) is 11.7. The van der Waals surface area contributed by atoms with E-state index in [1.54, 1.807) is 11.8 Å². The maximum absolute atomic E-state index is 13.1. The Morgan fingerprint density at radius 2 is 1.63 bits per heavy atom. The lowest BCUT2D eigenvalue weighted by Crippen LogP contribution is -2.50. The van der Waals surface area contributed by atoms with E-state index in [1.807, 2.05) is 71.0 Å². The number of rotatable bonds is 8. The molecule has 1 atom stereocenters. The van der Waals surface area contributed by atoms with Crippen LogP contribution in [0.1, 0.15) is 43.0 Å². The van der Waals surface area contributed by atoms with E-state index in [4.69, 9.17) is 4.74 Å². The molecule has 2 rings (SSSR count). The van der Waals surface area contributed by atoms with E-state index in [-0.39, 0.29) is 24.5 Å².